The van der Waals surface area contributed by atoms with Gasteiger partial charge in [-0.25, -0.2) is 0 Å². The van der Waals surface area contributed by atoms with E-state index in [4.69, 9.17) is 4.74 Å². The molecule has 0 aliphatic carbocycles. The second kappa shape index (κ2) is 6.52. The van der Waals surface area contributed by atoms with Gasteiger partial charge in [-0.15, -0.1) is 10.2 Å². The van der Waals surface area contributed by atoms with Crippen molar-refractivity contribution in [2.75, 3.05) is 31.2 Å². The lowest BCUT2D eigenvalue weighted by atomic mass is 10.2. The standard InChI is InChI=1S/C17H15N5O4/c23-11-14-16(20-5-7-26-8-6-20)10-17(19-18-14)21-4-3-12-9-13(22(24)25)1-2-15(12)21/h1-4,9-11H,5-8H2. The Bertz CT molecular complexity index is 994. The molecule has 4 rings (SSSR count). The molecule has 3 heterocycles. The first-order valence-corrected chi connectivity index (χ1v) is 8.09. The number of aromatic nitrogens is 3. The quantitative estimate of drug-likeness (QED) is 0.401. The van der Waals surface area contributed by atoms with Crippen LogP contribution in [0.25, 0.3) is 16.7 Å². The number of hydrogen-bond donors (Lipinski definition) is 0. The van der Waals surface area contributed by atoms with Gasteiger partial charge in [-0.05, 0) is 12.1 Å². The van der Waals surface area contributed by atoms with Gasteiger partial charge >= 0.3 is 0 Å². The molecule has 1 aliphatic rings. The molecule has 1 aliphatic heterocycles. The molecule has 2 aromatic heterocycles. The molecule has 0 atom stereocenters. The zero-order valence-electron chi connectivity index (χ0n) is 13.7. The summed E-state index contributed by atoms with van der Waals surface area (Å²) in [4.78, 5) is 23.9. The molecule has 132 valence electrons. The van der Waals surface area contributed by atoms with Crippen LogP contribution in [0.4, 0.5) is 11.4 Å². The molecular formula is C17H15N5O4. The minimum Gasteiger partial charge on any atom is -0.378 e. The first kappa shape index (κ1) is 16.2. The number of ether oxygens (including phenoxy) is 1. The number of benzene rings is 1. The van der Waals surface area contributed by atoms with Crippen LogP contribution in [0.3, 0.4) is 0 Å². The fourth-order valence-electron chi connectivity index (χ4n) is 3.08. The molecular weight excluding hydrogens is 338 g/mol. The van der Waals surface area contributed by atoms with Crippen molar-refractivity contribution in [2.24, 2.45) is 0 Å². The highest BCUT2D eigenvalue weighted by atomic mass is 16.6. The van der Waals surface area contributed by atoms with Gasteiger partial charge in [0.05, 0.1) is 29.3 Å². The van der Waals surface area contributed by atoms with E-state index >= 15 is 0 Å². The van der Waals surface area contributed by atoms with E-state index in [0.29, 0.717) is 44.1 Å². The highest BCUT2D eigenvalue weighted by Crippen LogP contribution is 2.26. The molecule has 3 aromatic rings. The van der Waals surface area contributed by atoms with Crippen LogP contribution in [0.5, 0.6) is 0 Å². The number of non-ortho nitro benzene ring substituents is 1. The van der Waals surface area contributed by atoms with E-state index in [0.717, 1.165) is 10.9 Å². The number of nitro benzene ring substituents is 1. The van der Waals surface area contributed by atoms with Crippen LogP contribution < -0.4 is 4.90 Å². The summed E-state index contributed by atoms with van der Waals surface area (Å²) in [6, 6.07) is 8.24. The number of carbonyl (C=O) groups is 1. The lowest BCUT2D eigenvalue weighted by Gasteiger charge is -2.29. The van der Waals surface area contributed by atoms with E-state index in [1.165, 1.54) is 12.1 Å². The van der Waals surface area contributed by atoms with Gasteiger partial charge in [0, 0.05) is 42.9 Å². The average molecular weight is 353 g/mol. The van der Waals surface area contributed by atoms with Gasteiger partial charge < -0.3 is 9.64 Å². The number of carbonyl (C=O) groups excluding carboxylic acids is 1. The molecule has 0 saturated carbocycles. The predicted octanol–water partition coefficient (Wildman–Crippen LogP) is 1.98. The molecule has 0 bridgehead atoms. The van der Waals surface area contributed by atoms with Gasteiger partial charge in [0.2, 0.25) is 0 Å². The topological polar surface area (TPSA) is 103 Å². The lowest BCUT2D eigenvalue weighted by molar-refractivity contribution is -0.384. The van der Waals surface area contributed by atoms with E-state index in [2.05, 4.69) is 10.2 Å². The summed E-state index contributed by atoms with van der Waals surface area (Å²) >= 11 is 0. The van der Waals surface area contributed by atoms with Gasteiger partial charge in [-0.3, -0.25) is 19.5 Å². The van der Waals surface area contributed by atoms with E-state index < -0.39 is 4.92 Å². The first-order valence-electron chi connectivity index (χ1n) is 8.09. The Balaban J connectivity index is 1.79. The number of nitrogens with zero attached hydrogens (tertiary/aromatic N) is 5. The smallest absolute Gasteiger partial charge is 0.270 e. The normalized spacial score (nSPS) is 14.5. The van der Waals surface area contributed by atoms with Crippen molar-refractivity contribution in [1.29, 1.82) is 0 Å². The molecule has 0 unspecified atom stereocenters. The van der Waals surface area contributed by atoms with Crippen LogP contribution in [-0.2, 0) is 4.74 Å². The molecule has 0 spiro atoms. The van der Waals surface area contributed by atoms with E-state index in [1.807, 2.05) is 11.0 Å². The van der Waals surface area contributed by atoms with Crippen molar-refractivity contribution in [3.8, 4) is 5.82 Å². The maximum Gasteiger partial charge on any atom is 0.270 e. The van der Waals surface area contributed by atoms with E-state index in [9.17, 15) is 14.9 Å². The fourth-order valence-corrected chi connectivity index (χ4v) is 3.08. The Morgan fingerprint density at radius 1 is 1.15 bits per heavy atom. The Labute approximate surface area is 148 Å². The van der Waals surface area contributed by atoms with Gasteiger partial charge in [0.15, 0.2) is 12.1 Å². The minimum atomic E-state index is -0.425. The summed E-state index contributed by atoms with van der Waals surface area (Å²) in [7, 11) is 0. The zero-order chi connectivity index (χ0) is 18.1. The summed E-state index contributed by atoms with van der Waals surface area (Å²) in [6.45, 7) is 2.52. The third-order valence-corrected chi connectivity index (χ3v) is 4.38. The lowest BCUT2D eigenvalue weighted by Crippen LogP contribution is -2.37. The fraction of sp³-hybridized carbons (Fsp3) is 0.235. The maximum absolute atomic E-state index is 11.4. The van der Waals surface area contributed by atoms with Crippen molar-refractivity contribution in [3.63, 3.8) is 0 Å². The van der Waals surface area contributed by atoms with Gasteiger partial charge in [0.1, 0.15) is 5.69 Å². The molecule has 26 heavy (non-hydrogen) atoms. The SMILES string of the molecule is O=Cc1nnc(-n2ccc3cc([N+](=O)[O-])ccc32)cc1N1CCOCC1. The minimum absolute atomic E-state index is 0.0339. The van der Waals surface area contributed by atoms with Crippen molar-refractivity contribution in [2.45, 2.75) is 0 Å². The molecule has 0 N–H and O–H groups in total. The second-order valence-electron chi connectivity index (χ2n) is 5.88. The summed E-state index contributed by atoms with van der Waals surface area (Å²) < 4.78 is 7.16. The van der Waals surface area contributed by atoms with Crippen molar-refractivity contribution < 1.29 is 14.5 Å². The molecule has 1 aromatic carbocycles. The molecule has 1 fully saturated rings. The second-order valence-corrected chi connectivity index (χ2v) is 5.88. The number of hydrogen-bond acceptors (Lipinski definition) is 7. The molecule has 9 nitrogen and oxygen atoms in total. The number of anilines is 1. The van der Waals surface area contributed by atoms with Crippen LogP contribution in [0.1, 0.15) is 10.5 Å². The number of morpholine rings is 1. The van der Waals surface area contributed by atoms with Gasteiger partial charge in [-0.1, -0.05) is 0 Å². The third kappa shape index (κ3) is 2.78. The predicted molar refractivity (Wildman–Crippen MR) is 93.9 cm³/mol. The molecule has 0 radical (unpaired) electrons. The Hall–Kier alpha value is -3.33. The number of fused-ring (bicyclic) bond motifs is 1. The molecule has 0 amide bonds. The summed E-state index contributed by atoms with van der Waals surface area (Å²) in [5, 5.41) is 19.9. The Morgan fingerprint density at radius 3 is 2.69 bits per heavy atom. The summed E-state index contributed by atoms with van der Waals surface area (Å²) in [5.41, 5.74) is 1.79. The number of aldehydes is 1. The van der Waals surface area contributed by atoms with Crippen LogP contribution >= 0.6 is 0 Å². The van der Waals surface area contributed by atoms with Crippen LogP contribution in [0.2, 0.25) is 0 Å². The molecule has 9 heteroatoms. The van der Waals surface area contributed by atoms with Crippen LogP contribution in [-0.4, -0.2) is 52.3 Å². The summed E-state index contributed by atoms with van der Waals surface area (Å²) in [5.74, 6) is 0.543. The third-order valence-electron chi connectivity index (χ3n) is 4.38. The largest absolute Gasteiger partial charge is 0.378 e. The van der Waals surface area contributed by atoms with Gasteiger partial charge in [-0.2, -0.15) is 0 Å². The van der Waals surface area contributed by atoms with Crippen molar-refractivity contribution in [3.05, 3.63) is 52.3 Å². The Kier molecular flexibility index (Phi) is 4.05. The van der Waals surface area contributed by atoms with Crippen LogP contribution in [0, 0.1) is 10.1 Å². The summed E-state index contributed by atoms with van der Waals surface area (Å²) in [6.07, 6.45) is 2.47. The number of nitro groups is 1. The number of rotatable bonds is 4. The average Bonchev–Trinajstić information content (AvgIpc) is 3.11. The van der Waals surface area contributed by atoms with E-state index in [-0.39, 0.29) is 11.4 Å². The first-order chi connectivity index (χ1) is 12.7. The van der Waals surface area contributed by atoms with Crippen molar-refractivity contribution >= 4 is 28.6 Å². The molecule has 1 saturated heterocycles. The Morgan fingerprint density at radius 2 is 1.96 bits per heavy atom. The zero-order valence-corrected chi connectivity index (χ0v) is 13.7. The highest BCUT2D eigenvalue weighted by Gasteiger charge is 2.18. The van der Waals surface area contributed by atoms with E-state index in [1.54, 1.807) is 22.9 Å². The monoisotopic (exact) mass is 353 g/mol. The maximum atomic E-state index is 11.4. The van der Waals surface area contributed by atoms with Crippen molar-refractivity contribution in [1.82, 2.24) is 14.8 Å². The van der Waals surface area contributed by atoms with Gasteiger partial charge in [0.25, 0.3) is 5.69 Å². The van der Waals surface area contributed by atoms with Crippen LogP contribution in [0.15, 0.2) is 36.5 Å². The highest BCUT2D eigenvalue weighted by molar-refractivity contribution is 5.85.